The Kier molecular flexibility index (Phi) is 5.30. The van der Waals surface area contributed by atoms with Gasteiger partial charge in [0.05, 0.1) is 0 Å². The Labute approximate surface area is 133 Å². The highest BCUT2D eigenvalue weighted by Crippen LogP contribution is 2.13. The molecule has 0 spiro atoms. The summed E-state index contributed by atoms with van der Waals surface area (Å²) in [4.78, 5) is 23.7. The van der Waals surface area contributed by atoms with E-state index >= 15 is 0 Å². The molecule has 2 aromatic rings. The summed E-state index contributed by atoms with van der Waals surface area (Å²) < 4.78 is 12.8. The molecule has 23 heavy (non-hydrogen) atoms. The molecule has 120 valence electrons. The van der Waals surface area contributed by atoms with E-state index in [1.54, 1.807) is 38.2 Å². The number of nitrogens with one attached hydrogen (secondary N) is 3. The van der Waals surface area contributed by atoms with Crippen LogP contribution >= 0.6 is 0 Å². The predicted octanol–water partition coefficient (Wildman–Crippen LogP) is 2.62. The summed E-state index contributed by atoms with van der Waals surface area (Å²) >= 11 is 0. The average molecular weight is 315 g/mol. The highest BCUT2D eigenvalue weighted by atomic mass is 19.1. The van der Waals surface area contributed by atoms with Gasteiger partial charge in [-0.2, -0.15) is 0 Å². The zero-order valence-corrected chi connectivity index (χ0v) is 12.9. The minimum atomic E-state index is -0.528. The van der Waals surface area contributed by atoms with Crippen molar-refractivity contribution in [3.8, 4) is 0 Å². The standard InChI is InChI=1S/C17H18FN3O2/c1-11(16(22)21-14-8-6-13(18)7-9-14)20-15-5-3-4-12(10-15)17(23)19-2/h3-11,20H,1-2H3,(H,19,23)(H,21,22)/t11-/m1/s1. The van der Waals surface area contributed by atoms with Crippen molar-refractivity contribution in [1.82, 2.24) is 5.32 Å². The molecular weight excluding hydrogens is 297 g/mol. The molecule has 0 saturated heterocycles. The first-order valence-electron chi connectivity index (χ1n) is 7.14. The van der Waals surface area contributed by atoms with Crippen LogP contribution in [-0.2, 0) is 4.79 Å². The Balaban J connectivity index is 2.00. The van der Waals surface area contributed by atoms with Gasteiger partial charge in [0, 0.05) is 24.0 Å². The van der Waals surface area contributed by atoms with E-state index < -0.39 is 6.04 Å². The van der Waals surface area contributed by atoms with Crippen molar-refractivity contribution in [2.24, 2.45) is 0 Å². The van der Waals surface area contributed by atoms with Gasteiger partial charge in [-0.15, -0.1) is 0 Å². The molecule has 1 atom stereocenters. The summed E-state index contributed by atoms with van der Waals surface area (Å²) in [5.41, 5.74) is 1.68. The van der Waals surface area contributed by atoms with E-state index in [0.29, 0.717) is 16.9 Å². The van der Waals surface area contributed by atoms with E-state index in [1.807, 2.05) is 0 Å². The molecule has 0 heterocycles. The van der Waals surface area contributed by atoms with Gasteiger partial charge < -0.3 is 16.0 Å². The van der Waals surface area contributed by atoms with Crippen molar-refractivity contribution in [1.29, 1.82) is 0 Å². The van der Waals surface area contributed by atoms with Gasteiger partial charge in [0.1, 0.15) is 11.9 Å². The minimum absolute atomic E-state index is 0.197. The number of hydrogen-bond acceptors (Lipinski definition) is 3. The average Bonchev–Trinajstić information content (AvgIpc) is 2.56. The molecule has 0 aromatic heterocycles. The number of carbonyl (C=O) groups is 2. The summed E-state index contributed by atoms with van der Waals surface area (Å²) in [5.74, 6) is -0.820. The van der Waals surface area contributed by atoms with Crippen molar-refractivity contribution in [2.45, 2.75) is 13.0 Å². The van der Waals surface area contributed by atoms with Crippen molar-refractivity contribution in [2.75, 3.05) is 17.7 Å². The van der Waals surface area contributed by atoms with E-state index in [-0.39, 0.29) is 17.6 Å². The minimum Gasteiger partial charge on any atom is -0.374 e. The zero-order valence-electron chi connectivity index (χ0n) is 12.9. The normalized spacial score (nSPS) is 11.4. The number of anilines is 2. The second-order valence-corrected chi connectivity index (χ2v) is 5.02. The van der Waals surface area contributed by atoms with Gasteiger partial charge in [-0.3, -0.25) is 9.59 Å². The van der Waals surface area contributed by atoms with Crippen LogP contribution < -0.4 is 16.0 Å². The lowest BCUT2D eigenvalue weighted by Crippen LogP contribution is -2.32. The van der Waals surface area contributed by atoms with Crippen LogP contribution in [0.5, 0.6) is 0 Å². The van der Waals surface area contributed by atoms with Gasteiger partial charge in [0.15, 0.2) is 0 Å². The fraction of sp³-hybridized carbons (Fsp3) is 0.176. The van der Waals surface area contributed by atoms with Gasteiger partial charge >= 0.3 is 0 Å². The molecule has 0 aliphatic carbocycles. The Hall–Kier alpha value is -2.89. The number of rotatable bonds is 5. The van der Waals surface area contributed by atoms with Crippen LogP contribution in [0.1, 0.15) is 17.3 Å². The Morgan fingerprint density at radius 3 is 2.39 bits per heavy atom. The fourth-order valence-electron chi connectivity index (χ4n) is 1.99. The quantitative estimate of drug-likeness (QED) is 0.794. The van der Waals surface area contributed by atoms with E-state index in [4.69, 9.17) is 0 Å². The zero-order chi connectivity index (χ0) is 16.8. The third-order valence-corrected chi connectivity index (χ3v) is 3.24. The molecule has 6 heteroatoms. The van der Waals surface area contributed by atoms with Crippen LogP contribution in [0.4, 0.5) is 15.8 Å². The molecule has 2 amide bonds. The van der Waals surface area contributed by atoms with Crippen LogP contribution in [0.2, 0.25) is 0 Å². The Morgan fingerprint density at radius 1 is 1.04 bits per heavy atom. The molecule has 0 bridgehead atoms. The topological polar surface area (TPSA) is 70.2 Å². The molecule has 0 aliphatic rings. The van der Waals surface area contributed by atoms with Crippen molar-refractivity contribution in [3.05, 3.63) is 59.9 Å². The van der Waals surface area contributed by atoms with Gasteiger partial charge in [-0.25, -0.2) is 4.39 Å². The summed E-state index contributed by atoms with van der Waals surface area (Å²) in [6.45, 7) is 1.70. The van der Waals surface area contributed by atoms with E-state index in [0.717, 1.165) is 0 Å². The molecule has 0 radical (unpaired) electrons. The third kappa shape index (κ3) is 4.54. The number of amides is 2. The highest BCUT2D eigenvalue weighted by Gasteiger charge is 2.13. The maximum atomic E-state index is 12.8. The number of carbonyl (C=O) groups excluding carboxylic acids is 2. The molecule has 0 unspecified atom stereocenters. The highest BCUT2D eigenvalue weighted by molar-refractivity contribution is 5.97. The monoisotopic (exact) mass is 315 g/mol. The lowest BCUT2D eigenvalue weighted by atomic mass is 10.1. The van der Waals surface area contributed by atoms with Crippen LogP contribution in [0.15, 0.2) is 48.5 Å². The third-order valence-electron chi connectivity index (χ3n) is 3.24. The molecule has 0 aliphatic heterocycles. The van der Waals surface area contributed by atoms with E-state index in [1.165, 1.54) is 24.3 Å². The first-order valence-corrected chi connectivity index (χ1v) is 7.14. The maximum Gasteiger partial charge on any atom is 0.251 e. The summed E-state index contributed by atoms with van der Waals surface area (Å²) in [5, 5.41) is 8.26. The van der Waals surface area contributed by atoms with Gasteiger partial charge in [0.25, 0.3) is 5.91 Å². The van der Waals surface area contributed by atoms with Crippen molar-refractivity contribution >= 4 is 23.2 Å². The van der Waals surface area contributed by atoms with Gasteiger partial charge in [0.2, 0.25) is 5.91 Å². The molecule has 3 N–H and O–H groups in total. The first-order chi connectivity index (χ1) is 11.0. The van der Waals surface area contributed by atoms with Crippen LogP contribution in [0.3, 0.4) is 0 Å². The summed E-state index contributed by atoms with van der Waals surface area (Å²) in [7, 11) is 1.56. The summed E-state index contributed by atoms with van der Waals surface area (Å²) in [6, 6.07) is 11.9. The lowest BCUT2D eigenvalue weighted by Gasteiger charge is -2.16. The molecule has 2 aromatic carbocycles. The molecule has 0 fully saturated rings. The van der Waals surface area contributed by atoms with Crippen LogP contribution in [-0.4, -0.2) is 24.9 Å². The Bertz CT molecular complexity index is 701. The maximum absolute atomic E-state index is 12.8. The fourth-order valence-corrected chi connectivity index (χ4v) is 1.99. The molecule has 2 rings (SSSR count). The van der Waals surface area contributed by atoms with Gasteiger partial charge in [-0.1, -0.05) is 6.07 Å². The summed E-state index contributed by atoms with van der Waals surface area (Å²) in [6.07, 6.45) is 0. The number of halogens is 1. The van der Waals surface area contributed by atoms with Crippen LogP contribution in [0, 0.1) is 5.82 Å². The second kappa shape index (κ2) is 7.40. The van der Waals surface area contributed by atoms with Crippen molar-refractivity contribution < 1.29 is 14.0 Å². The second-order valence-electron chi connectivity index (χ2n) is 5.02. The molecule has 5 nitrogen and oxygen atoms in total. The van der Waals surface area contributed by atoms with Crippen molar-refractivity contribution in [3.63, 3.8) is 0 Å². The number of hydrogen-bond donors (Lipinski definition) is 3. The first kappa shape index (κ1) is 16.5. The molecular formula is C17H18FN3O2. The molecule has 0 saturated carbocycles. The number of benzene rings is 2. The van der Waals surface area contributed by atoms with E-state index in [2.05, 4.69) is 16.0 Å². The smallest absolute Gasteiger partial charge is 0.251 e. The van der Waals surface area contributed by atoms with Gasteiger partial charge in [-0.05, 0) is 49.4 Å². The Morgan fingerprint density at radius 2 is 1.74 bits per heavy atom. The lowest BCUT2D eigenvalue weighted by molar-refractivity contribution is -0.116. The van der Waals surface area contributed by atoms with E-state index in [9.17, 15) is 14.0 Å². The predicted molar refractivity (Wildman–Crippen MR) is 87.9 cm³/mol. The van der Waals surface area contributed by atoms with Crippen LogP contribution in [0.25, 0.3) is 0 Å². The SMILES string of the molecule is CNC(=O)c1cccc(N[C@H](C)C(=O)Nc2ccc(F)cc2)c1. The largest absolute Gasteiger partial charge is 0.374 e.